The van der Waals surface area contributed by atoms with Gasteiger partial charge in [0.25, 0.3) is 0 Å². The SMILES string of the molecule is N#Cc1cc(N)c2ccccc2c1C#N. The zero-order valence-electron chi connectivity index (χ0n) is 7.86. The molecule has 2 aromatic carbocycles. The second kappa shape index (κ2) is 3.32. The van der Waals surface area contributed by atoms with Crippen molar-refractivity contribution in [2.75, 3.05) is 5.73 Å². The summed E-state index contributed by atoms with van der Waals surface area (Å²) in [5.41, 5.74) is 7.04. The Labute approximate surface area is 87.0 Å². The summed E-state index contributed by atoms with van der Waals surface area (Å²) in [5, 5.41) is 19.4. The third-order valence-electron chi connectivity index (χ3n) is 2.31. The van der Waals surface area contributed by atoms with Gasteiger partial charge in [-0.1, -0.05) is 24.3 Å². The number of nitrogens with zero attached hydrogens (tertiary/aromatic N) is 2. The highest BCUT2D eigenvalue weighted by molar-refractivity contribution is 5.98. The second-order valence-corrected chi connectivity index (χ2v) is 3.16. The fourth-order valence-corrected chi connectivity index (χ4v) is 1.61. The zero-order chi connectivity index (χ0) is 10.8. The van der Waals surface area contributed by atoms with Gasteiger partial charge in [-0.05, 0) is 6.07 Å². The van der Waals surface area contributed by atoms with E-state index in [4.69, 9.17) is 16.3 Å². The number of nitrogens with two attached hydrogens (primary N) is 1. The van der Waals surface area contributed by atoms with Crippen molar-refractivity contribution in [3.8, 4) is 12.1 Å². The molecular formula is C12H7N3. The van der Waals surface area contributed by atoms with Gasteiger partial charge in [0, 0.05) is 16.5 Å². The first kappa shape index (κ1) is 9.05. The van der Waals surface area contributed by atoms with Crippen molar-refractivity contribution in [1.29, 1.82) is 10.5 Å². The van der Waals surface area contributed by atoms with Crippen LogP contribution in [0.25, 0.3) is 10.8 Å². The Kier molecular flexibility index (Phi) is 2.00. The van der Waals surface area contributed by atoms with Gasteiger partial charge >= 0.3 is 0 Å². The normalized spacial score (nSPS) is 9.47. The van der Waals surface area contributed by atoms with E-state index >= 15 is 0 Å². The van der Waals surface area contributed by atoms with Crippen molar-refractivity contribution in [2.45, 2.75) is 0 Å². The first-order chi connectivity index (χ1) is 7.27. The average Bonchev–Trinajstić information content (AvgIpc) is 2.29. The first-order valence-electron chi connectivity index (χ1n) is 4.39. The number of nitriles is 2. The summed E-state index contributed by atoms with van der Waals surface area (Å²) in [4.78, 5) is 0. The molecule has 70 valence electrons. The van der Waals surface area contributed by atoms with Crippen molar-refractivity contribution in [3.63, 3.8) is 0 Å². The molecule has 0 aliphatic rings. The van der Waals surface area contributed by atoms with Crippen molar-refractivity contribution in [2.24, 2.45) is 0 Å². The van der Waals surface area contributed by atoms with Crippen LogP contribution >= 0.6 is 0 Å². The van der Waals surface area contributed by atoms with Gasteiger partial charge in [-0.3, -0.25) is 0 Å². The summed E-state index contributed by atoms with van der Waals surface area (Å²) in [6.45, 7) is 0. The Morgan fingerprint density at radius 2 is 1.67 bits per heavy atom. The molecule has 0 aliphatic heterocycles. The summed E-state index contributed by atoms with van der Waals surface area (Å²) in [7, 11) is 0. The maximum Gasteiger partial charge on any atom is 0.101 e. The summed E-state index contributed by atoms with van der Waals surface area (Å²) >= 11 is 0. The Balaban J connectivity index is 3.02. The van der Waals surface area contributed by atoms with Gasteiger partial charge in [-0.15, -0.1) is 0 Å². The Morgan fingerprint density at radius 3 is 2.27 bits per heavy atom. The van der Waals surface area contributed by atoms with E-state index in [1.807, 2.05) is 30.3 Å². The van der Waals surface area contributed by atoms with Crippen LogP contribution in [0.2, 0.25) is 0 Å². The Bertz CT molecular complexity index is 615. The molecule has 15 heavy (non-hydrogen) atoms. The lowest BCUT2D eigenvalue weighted by atomic mass is 9.99. The predicted molar refractivity (Wildman–Crippen MR) is 57.8 cm³/mol. The third-order valence-corrected chi connectivity index (χ3v) is 2.31. The molecule has 0 atom stereocenters. The predicted octanol–water partition coefficient (Wildman–Crippen LogP) is 2.17. The largest absolute Gasteiger partial charge is 0.398 e. The van der Waals surface area contributed by atoms with Crippen LogP contribution in [0.4, 0.5) is 5.69 Å². The molecule has 3 heteroatoms. The molecule has 0 fully saturated rings. The maximum atomic E-state index is 9.00. The third kappa shape index (κ3) is 1.27. The quantitative estimate of drug-likeness (QED) is 0.651. The minimum absolute atomic E-state index is 0.328. The lowest BCUT2D eigenvalue weighted by Gasteiger charge is -2.04. The van der Waals surface area contributed by atoms with Crippen LogP contribution in [0.15, 0.2) is 30.3 Å². The second-order valence-electron chi connectivity index (χ2n) is 3.16. The van der Waals surface area contributed by atoms with E-state index in [2.05, 4.69) is 0 Å². The van der Waals surface area contributed by atoms with Crippen molar-refractivity contribution < 1.29 is 0 Å². The molecule has 0 amide bonds. The van der Waals surface area contributed by atoms with Crippen LogP contribution in [-0.4, -0.2) is 0 Å². The summed E-state index contributed by atoms with van der Waals surface area (Å²) < 4.78 is 0. The summed E-state index contributed by atoms with van der Waals surface area (Å²) in [6, 6.07) is 12.9. The van der Waals surface area contributed by atoms with E-state index in [-0.39, 0.29) is 0 Å². The molecule has 0 saturated carbocycles. The lowest BCUT2D eigenvalue weighted by Crippen LogP contribution is -1.93. The van der Waals surface area contributed by atoms with E-state index in [1.54, 1.807) is 12.1 Å². The number of benzene rings is 2. The Morgan fingerprint density at radius 1 is 1.00 bits per heavy atom. The molecule has 2 N–H and O–H groups in total. The van der Waals surface area contributed by atoms with Crippen LogP contribution in [0.5, 0.6) is 0 Å². The van der Waals surface area contributed by atoms with Gasteiger partial charge in [0.1, 0.15) is 12.1 Å². The minimum atomic E-state index is 0.328. The topological polar surface area (TPSA) is 73.6 Å². The highest BCUT2D eigenvalue weighted by Gasteiger charge is 2.09. The number of hydrogen-bond acceptors (Lipinski definition) is 3. The molecule has 0 spiro atoms. The van der Waals surface area contributed by atoms with Crippen molar-refractivity contribution in [1.82, 2.24) is 0 Å². The number of fused-ring (bicyclic) bond motifs is 1. The van der Waals surface area contributed by atoms with Crippen molar-refractivity contribution in [3.05, 3.63) is 41.5 Å². The minimum Gasteiger partial charge on any atom is -0.398 e. The number of rotatable bonds is 0. The first-order valence-corrected chi connectivity index (χ1v) is 4.39. The molecule has 0 heterocycles. The highest BCUT2D eigenvalue weighted by Crippen LogP contribution is 2.26. The summed E-state index contributed by atoms with van der Waals surface area (Å²) in [5.74, 6) is 0. The highest BCUT2D eigenvalue weighted by atomic mass is 14.6. The van der Waals surface area contributed by atoms with Crippen LogP contribution in [0.1, 0.15) is 11.1 Å². The van der Waals surface area contributed by atoms with Gasteiger partial charge in [0.2, 0.25) is 0 Å². The fourth-order valence-electron chi connectivity index (χ4n) is 1.61. The van der Waals surface area contributed by atoms with Gasteiger partial charge in [-0.25, -0.2) is 0 Å². The molecule has 0 radical (unpaired) electrons. The smallest absolute Gasteiger partial charge is 0.101 e. The van der Waals surface area contributed by atoms with E-state index in [0.717, 1.165) is 10.8 Å². The molecule has 0 unspecified atom stereocenters. The van der Waals surface area contributed by atoms with Crippen LogP contribution in [-0.2, 0) is 0 Å². The van der Waals surface area contributed by atoms with Crippen LogP contribution < -0.4 is 5.73 Å². The number of nitrogen functional groups attached to an aromatic ring is 1. The fraction of sp³-hybridized carbons (Fsp3) is 0. The molecular weight excluding hydrogens is 186 g/mol. The molecule has 3 nitrogen and oxygen atoms in total. The molecule has 0 saturated heterocycles. The van der Waals surface area contributed by atoms with Crippen LogP contribution in [0.3, 0.4) is 0 Å². The summed E-state index contributed by atoms with van der Waals surface area (Å²) in [6.07, 6.45) is 0. The van der Waals surface area contributed by atoms with Gasteiger partial charge in [-0.2, -0.15) is 10.5 Å². The Hall–Kier alpha value is -2.52. The van der Waals surface area contributed by atoms with E-state index in [9.17, 15) is 0 Å². The van der Waals surface area contributed by atoms with Crippen LogP contribution in [0, 0.1) is 22.7 Å². The number of anilines is 1. The lowest BCUT2D eigenvalue weighted by molar-refractivity contribution is 1.45. The van der Waals surface area contributed by atoms with E-state index in [1.165, 1.54) is 0 Å². The maximum absolute atomic E-state index is 9.00. The molecule has 2 rings (SSSR count). The number of hydrogen-bond donors (Lipinski definition) is 1. The molecule has 0 bridgehead atoms. The molecule has 0 aromatic heterocycles. The monoisotopic (exact) mass is 193 g/mol. The molecule has 0 aliphatic carbocycles. The van der Waals surface area contributed by atoms with E-state index in [0.29, 0.717) is 16.8 Å². The molecule has 2 aromatic rings. The average molecular weight is 193 g/mol. The standard InChI is InChI=1S/C12H7N3/c13-6-8-5-12(15)10-4-2-1-3-9(10)11(8)7-14/h1-5H,15H2. The van der Waals surface area contributed by atoms with Gasteiger partial charge < -0.3 is 5.73 Å². The van der Waals surface area contributed by atoms with Gasteiger partial charge in [0.15, 0.2) is 0 Å². The zero-order valence-corrected chi connectivity index (χ0v) is 7.86. The van der Waals surface area contributed by atoms with Gasteiger partial charge in [0.05, 0.1) is 11.1 Å². The van der Waals surface area contributed by atoms with Crippen molar-refractivity contribution >= 4 is 16.5 Å². The van der Waals surface area contributed by atoms with E-state index < -0.39 is 0 Å².